The lowest BCUT2D eigenvalue weighted by atomic mass is 10.1. The van der Waals surface area contributed by atoms with Gasteiger partial charge in [0.15, 0.2) is 5.78 Å². The van der Waals surface area contributed by atoms with Crippen LogP contribution in [-0.4, -0.2) is 32.5 Å². The minimum atomic E-state index is 0.172. The zero-order valence-corrected chi connectivity index (χ0v) is 14.1. The summed E-state index contributed by atoms with van der Waals surface area (Å²) in [7, 11) is 2.09. The van der Waals surface area contributed by atoms with Crippen molar-refractivity contribution in [3.8, 4) is 0 Å². The number of nitrogens with zero attached hydrogens (tertiary/aromatic N) is 2. The number of hydrogen-bond acceptors (Lipinski definition) is 3. The molecule has 1 heterocycles. The molecule has 0 aromatic heterocycles. The van der Waals surface area contributed by atoms with Gasteiger partial charge in [0.2, 0.25) is 0 Å². The normalized spacial score (nSPS) is 14.0. The summed E-state index contributed by atoms with van der Waals surface area (Å²) in [6.45, 7) is 2.26. The van der Waals surface area contributed by atoms with Crippen LogP contribution in [0.1, 0.15) is 10.4 Å². The molecule has 0 bridgehead atoms. The highest BCUT2D eigenvalue weighted by atomic mass is 127. The summed E-state index contributed by atoms with van der Waals surface area (Å²) in [6, 6.07) is 16.0. The summed E-state index contributed by atoms with van der Waals surface area (Å²) in [5.41, 5.74) is 3.12. The van der Waals surface area contributed by atoms with E-state index in [1.165, 1.54) is 5.69 Å². The average molecular weight is 392 g/mol. The molecule has 21 heavy (non-hydrogen) atoms. The predicted octanol–water partition coefficient (Wildman–Crippen LogP) is 3.43. The maximum atomic E-state index is 12.5. The SMILES string of the molecule is CN1CCN(CC(=O)c2ccc(I)cc2)c2ccccc21. The average Bonchev–Trinajstić information content (AvgIpc) is 2.51. The fourth-order valence-corrected chi connectivity index (χ4v) is 2.99. The quantitative estimate of drug-likeness (QED) is 0.591. The summed E-state index contributed by atoms with van der Waals surface area (Å²) in [4.78, 5) is 16.9. The van der Waals surface area contributed by atoms with Gasteiger partial charge in [0.05, 0.1) is 17.9 Å². The smallest absolute Gasteiger partial charge is 0.182 e. The van der Waals surface area contributed by atoms with Gasteiger partial charge in [-0.15, -0.1) is 0 Å². The van der Waals surface area contributed by atoms with Gasteiger partial charge in [-0.3, -0.25) is 4.79 Å². The first-order chi connectivity index (χ1) is 10.1. The van der Waals surface area contributed by atoms with E-state index in [1.807, 2.05) is 36.4 Å². The van der Waals surface area contributed by atoms with Crippen LogP contribution >= 0.6 is 22.6 Å². The standard InChI is InChI=1S/C17H17IN2O/c1-19-10-11-20(16-5-3-2-4-15(16)19)12-17(21)13-6-8-14(18)9-7-13/h2-9H,10-12H2,1H3. The van der Waals surface area contributed by atoms with Crippen LogP contribution in [0.5, 0.6) is 0 Å². The number of para-hydroxylation sites is 2. The molecule has 0 amide bonds. The first kappa shape index (κ1) is 14.4. The number of benzene rings is 2. The number of ketones is 1. The molecular formula is C17H17IN2O. The van der Waals surface area contributed by atoms with E-state index in [2.05, 4.69) is 51.6 Å². The van der Waals surface area contributed by atoms with Gasteiger partial charge in [0, 0.05) is 29.3 Å². The largest absolute Gasteiger partial charge is 0.371 e. The Morgan fingerprint density at radius 3 is 2.43 bits per heavy atom. The van der Waals surface area contributed by atoms with Gasteiger partial charge in [-0.25, -0.2) is 0 Å². The predicted molar refractivity (Wildman–Crippen MR) is 95.4 cm³/mol. The minimum absolute atomic E-state index is 0.172. The Labute approximate surface area is 138 Å². The van der Waals surface area contributed by atoms with E-state index in [4.69, 9.17) is 0 Å². The highest BCUT2D eigenvalue weighted by Crippen LogP contribution is 2.31. The molecule has 2 aromatic carbocycles. The Kier molecular flexibility index (Phi) is 4.14. The van der Waals surface area contributed by atoms with Gasteiger partial charge in [0.1, 0.15) is 0 Å². The van der Waals surface area contributed by atoms with Gasteiger partial charge in [0.25, 0.3) is 0 Å². The van der Waals surface area contributed by atoms with E-state index >= 15 is 0 Å². The molecule has 1 aliphatic heterocycles. The van der Waals surface area contributed by atoms with Gasteiger partial charge in [-0.05, 0) is 46.9 Å². The molecule has 0 N–H and O–H groups in total. The number of carbonyl (C=O) groups excluding carboxylic acids is 1. The van der Waals surface area contributed by atoms with E-state index in [9.17, 15) is 4.79 Å². The molecule has 0 saturated heterocycles. The molecule has 0 fully saturated rings. The third-order valence-corrected chi connectivity index (χ3v) is 4.56. The second-order valence-electron chi connectivity index (χ2n) is 5.26. The Hall–Kier alpha value is -1.56. The lowest BCUT2D eigenvalue weighted by Gasteiger charge is -2.36. The number of carbonyl (C=O) groups is 1. The van der Waals surface area contributed by atoms with Crippen molar-refractivity contribution in [2.24, 2.45) is 0 Å². The van der Waals surface area contributed by atoms with Crippen LogP contribution in [0.4, 0.5) is 11.4 Å². The van der Waals surface area contributed by atoms with Gasteiger partial charge >= 0.3 is 0 Å². The highest BCUT2D eigenvalue weighted by molar-refractivity contribution is 14.1. The van der Waals surface area contributed by atoms with Gasteiger partial charge in [-0.1, -0.05) is 24.3 Å². The highest BCUT2D eigenvalue weighted by Gasteiger charge is 2.21. The first-order valence-electron chi connectivity index (χ1n) is 6.99. The lowest BCUT2D eigenvalue weighted by molar-refractivity contribution is 0.0999. The van der Waals surface area contributed by atoms with Crippen molar-refractivity contribution in [2.75, 3.05) is 36.5 Å². The summed E-state index contributed by atoms with van der Waals surface area (Å²) < 4.78 is 1.15. The Morgan fingerprint density at radius 1 is 1.05 bits per heavy atom. The second-order valence-corrected chi connectivity index (χ2v) is 6.51. The van der Waals surface area contributed by atoms with Gasteiger partial charge < -0.3 is 9.80 Å². The van der Waals surface area contributed by atoms with Crippen LogP contribution in [0.25, 0.3) is 0 Å². The lowest BCUT2D eigenvalue weighted by Crippen LogP contribution is -2.41. The van der Waals surface area contributed by atoms with Crippen LogP contribution in [0.3, 0.4) is 0 Å². The number of likely N-dealkylation sites (N-methyl/N-ethyl adjacent to an activating group) is 1. The zero-order valence-electron chi connectivity index (χ0n) is 11.9. The molecule has 3 rings (SSSR count). The molecular weight excluding hydrogens is 375 g/mol. The maximum Gasteiger partial charge on any atom is 0.182 e. The topological polar surface area (TPSA) is 23.6 Å². The fourth-order valence-electron chi connectivity index (χ4n) is 2.63. The van der Waals surface area contributed by atoms with E-state index < -0.39 is 0 Å². The van der Waals surface area contributed by atoms with Crippen LogP contribution in [0.15, 0.2) is 48.5 Å². The molecule has 2 aromatic rings. The van der Waals surface area contributed by atoms with Crippen LogP contribution in [-0.2, 0) is 0 Å². The summed E-state index contributed by atoms with van der Waals surface area (Å²) in [6.07, 6.45) is 0. The van der Waals surface area contributed by atoms with Crippen molar-refractivity contribution in [3.05, 3.63) is 57.7 Å². The van der Waals surface area contributed by atoms with E-state index in [1.54, 1.807) is 0 Å². The third kappa shape index (κ3) is 3.05. The van der Waals surface area contributed by atoms with Crippen LogP contribution in [0.2, 0.25) is 0 Å². The molecule has 4 heteroatoms. The maximum absolute atomic E-state index is 12.5. The van der Waals surface area contributed by atoms with Crippen molar-refractivity contribution >= 4 is 39.7 Å². The van der Waals surface area contributed by atoms with Gasteiger partial charge in [-0.2, -0.15) is 0 Å². The van der Waals surface area contributed by atoms with Crippen LogP contribution in [0, 0.1) is 3.57 Å². The molecule has 0 spiro atoms. The molecule has 0 unspecified atom stereocenters. The zero-order chi connectivity index (χ0) is 14.8. The Morgan fingerprint density at radius 2 is 1.71 bits per heavy atom. The molecule has 0 aliphatic carbocycles. The van der Waals surface area contributed by atoms with Crippen molar-refractivity contribution in [1.82, 2.24) is 0 Å². The summed E-state index contributed by atoms with van der Waals surface area (Å²) >= 11 is 2.25. The number of rotatable bonds is 3. The Bertz CT molecular complexity index is 654. The van der Waals surface area contributed by atoms with E-state index in [0.717, 1.165) is 27.9 Å². The number of anilines is 2. The minimum Gasteiger partial charge on any atom is -0.371 e. The molecule has 3 nitrogen and oxygen atoms in total. The van der Waals surface area contributed by atoms with E-state index in [-0.39, 0.29) is 5.78 Å². The van der Waals surface area contributed by atoms with Crippen molar-refractivity contribution < 1.29 is 4.79 Å². The molecule has 0 saturated carbocycles. The molecule has 108 valence electrons. The van der Waals surface area contributed by atoms with Crippen molar-refractivity contribution in [3.63, 3.8) is 0 Å². The van der Waals surface area contributed by atoms with E-state index in [0.29, 0.717) is 6.54 Å². The molecule has 0 atom stereocenters. The number of fused-ring (bicyclic) bond motifs is 1. The fraction of sp³-hybridized carbons (Fsp3) is 0.235. The van der Waals surface area contributed by atoms with Crippen molar-refractivity contribution in [1.29, 1.82) is 0 Å². The Balaban J connectivity index is 1.81. The molecule has 1 aliphatic rings. The monoisotopic (exact) mass is 392 g/mol. The number of hydrogen-bond donors (Lipinski definition) is 0. The first-order valence-corrected chi connectivity index (χ1v) is 8.07. The van der Waals surface area contributed by atoms with Crippen molar-refractivity contribution in [2.45, 2.75) is 0 Å². The summed E-state index contributed by atoms with van der Waals surface area (Å²) in [5.74, 6) is 0.172. The second kappa shape index (κ2) is 6.05. The number of Topliss-reactive ketones (excluding diaryl/α,β-unsaturated/α-hetero) is 1. The molecule has 0 radical (unpaired) electrons. The third-order valence-electron chi connectivity index (χ3n) is 3.84. The summed E-state index contributed by atoms with van der Waals surface area (Å²) in [5, 5.41) is 0. The van der Waals surface area contributed by atoms with Crippen LogP contribution < -0.4 is 9.80 Å². The number of halogens is 1.